The minimum atomic E-state index is 0.740. The molecule has 0 atom stereocenters. The van der Waals surface area contributed by atoms with Gasteiger partial charge in [0.2, 0.25) is 0 Å². The minimum Gasteiger partial charge on any atom is -0.295 e. The Morgan fingerprint density at radius 3 is 2.76 bits per heavy atom. The van der Waals surface area contributed by atoms with Gasteiger partial charge in [0.15, 0.2) is 5.65 Å². The number of imidazole rings is 1. The molecule has 1 aliphatic rings. The minimum absolute atomic E-state index is 0.740. The van der Waals surface area contributed by atoms with Gasteiger partial charge in [-0.15, -0.1) is 11.3 Å². The van der Waals surface area contributed by atoms with Gasteiger partial charge in [-0.25, -0.2) is 4.98 Å². The fourth-order valence-electron chi connectivity index (χ4n) is 4.02. The van der Waals surface area contributed by atoms with Crippen LogP contribution in [0.3, 0.4) is 0 Å². The summed E-state index contributed by atoms with van der Waals surface area (Å²) in [7, 11) is 0. The van der Waals surface area contributed by atoms with Gasteiger partial charge >= 0.3 is 0 Å². The highest BCUT2D eigenvalue weighted by molar-refractivity contribution is 7.16. The Labute approximate surface area is 175 Å². The zero-order valence-corrected chi connectivity index (χ0v) is 17.1. The Morgan fingerprint density at radius 2 is 1.90 bits per heavy atom. The zero-order chi connectivity index (χ0) is 19.5. The number of rotatable bonds is 3. The second-order valence-corrected chi connectivity index (χ2v) is 8.71. The summed E-state index contributed by atoms with van der Waals surface area (Å²) in [5.74, 6) is 7.22. The molecule has 1 fully saturated rings. The largest absolute Gasteiger partial charge is 0.295 e. The van der Waals surface area contributed by atoms with Crippen LogP contribution in [0.5, 0.6) is 0 Å². The monoisotopic (exact) mass is 396 g/mol. The zero-order valence-electron chi connectivity index (χ0n) is 16.3. The number of nitrogens with zero attached hydrogens (tertiary/aromatic N) is 3. The summed E-state index contributed by atoms with van der Waals surface area (Å²) in [6.07, 6.45) is 14.9. The molecule has 0 spiro atoms. The van der Waals surface area contributed by atoms with Gasteiger partial charge in [-0.3, -0.25) is 9.38 Å². The van der Waals surface area contributed by atoms with Crippen molar-refractivity contribution in [3.63, 3.8) is 0 Å². The molecule has 3 aromatic heterocycles. The summed E-state index contributed by atoms with van der Waals surface area (Å²) in [4.78, 5) is 11.7. The topological polar surface area (TPSA) is 30.2 Å². The van der Waals surface area contributed by atoms with Gasteiger partial charge in [0.25, 0.3) is 0 Å². The molecule has 4 heteroatoms. The maximum atomic E-state index is 4.89. The summed E-state index contributed by atoms with van der Waals surface area (Å²) >= 11 is 1.66. The summed E-state index contributed by atoms with van der Waals surface area (Å²) in [6, 6.07) is 14.2. The van der Waals surface area contributed by atoms with E-state index in [0.29, 0.717) is 0 Å². The van der Waals surface area contributed by atoms with Crippen LogP contribution < -0.4 is 0 Å². The van der Waals surface area contributed by atoms with Crippen molar-refractivity contribution in [3.05, 3.63) is 77.2 Å². The van der Waals surface area contributed by atoms with Crippen molar-refractivity contribution < 1.29 is 0 Å². The Balaban J connectivity index is 1.40. The number of hydrogen-bond acceptors (Lipinski definition) is 3. The lowest BCUT2D eigenvalue weighted by Crippen LogP contribution is -2.11. The molecule has 1 aromatic carbocycles. The summed E-state index contributed by atoms with van der Waals surface area (Å²) in [5.41, 5.74) is 3.95. The van der Waals surface area contributed by atoms with Crippen LogP contribution in [-0.4, -0.2) is 14.4 Å². The van der Waals surface area contributed by atoms with Crippen molar-refractivity contribution in [3.8, 4) is 22.4 Å². The van der Waals surface area contributed by atoms with Crippen molar-refractivity contribution in [1.82, 2.24) is 14.4 Å². The first-order valence-electron chi connectivity index (χ1n) is 10.3. The van der Waals surface area contributed by atoms with E-state index in [1.54, 1.807) is 11.3 Å². The highest BCUT2D eigenvalue weighted by Crippen LogP contribution is 2.30. The van der Waals surface area contributed by atoms with Crippen LogP contribution in [0.4, 0.5) is 0 Å². The molecule has 0 amide bonds. The van der Waals surface area contributed by atoms with Crippen molar-refractivity contribution >= 4 is 17.0 Å². The van der Waals surface area contributed by atoms with Crippen LogP contribution in [0.2, 0.25) is 0 Å². The van der Waals surface area contributed by atoms with E-state index in [2.05, 4.69) is 35.2 Å². The van der Waals surface area contributed by atoms with Crippen LogP contribution in [0.15, 0.2) is 54.9 Å². The van der Waals surface area contributed by atoms with Gasteiger partial charge in [0, 0.05) is 18.0 Å². The Morgan fingerprint density at radius 1 is 1.03 bits per heavy atom. The van der Waals surface area contributed by atoms with E-state index in [-0.39, 0.29) is 0 Å². The van der Waals surface area contributed by atoms with E-state index < -0.39 is 0 Å². The smallest absolute Gasteiger partial charge is 0.159 e. The first kappa shape index (κ1) is 18.1. The van der Waals surface area contributed by atoms with Crippen LogP contribution in [0, 0.1) is 24.0 Å². The predicted octanol–water partition coefficient (Wildman–Crippen LogP) is 5.78. The lowest BCUT2D eigenvalue weighted by Gasteiger charge is -2.20. The molecule has 1 aliphatic carbocycles. The summed E-state index contributed by atoms with van der Waals surface area (Å²) in [6.45, 7) is 0. The lowest BCUT2D eigenvalue weighted by molar-refractivity contribution is 0.354. The standard InChI is InChI=1S/C25H22N3S/c1-3-7-19(8-4-1)11-12-21-13-14-24(29-21)23-18-28-16-15-26-22(25(28)27-23)17-20-9-5-2-6-10-20/h1,3-4,7-8,13-16,20H,2,5-6,9-10,17H2. The number of thiophene rings is 1. The quantitative estimate of drug-likeness (QED) is 0.411. The molecule has 1 radical (unpaired) electrons. The molecular weight excluding hydrogens is 374 g/mol. The lowest BCUT2D eigenvalue weighted by atomic mass is 9.86. The highest BCUT2D eigenvalue weighted by Gasteiger charge is 2.18. The second kappa shape index (κ2) is 8.23. The van der Waals surface area contributed by atoms with Gasteiger partial charge in [-0.2, -0.15) is 0 Å². The van der Waals surface area contributed by atoms with Gasteiger partial charge in [0.1, 0.15) is 11.9 Å². The van der Waals surface area contributed by atoms with E-state index in [1.807, 2.05) is 47.1 Å². The van der Waals surface area contributed by atoms with Crippen LogP contribution >= 0.6 is 11.3 Å². The maximum Gasteiger partial charge on any atom is 0.159 e. The molecule has 5 rings (SSSR count). The van der Waals surface area contributed by atoms with Gasteiger partial charge in [-0.1, -0.05) is 62.1 Å². The van der Waals surface area contributed by atoms with Crippen LogP contribution in [0.1, 0.15) is 48.2 Å². The molecule has 0 bridgehead atoms. The molecule has 3 heterocycles. The third kappa shape index (κ3) is 4.11. The fraction of sp³-hybridized carbons (Fsp3) is 0.280. The first-order chi connectivity index (χ1) is 14.3. The molecule has 0 saturated heterocycles. The van der Waals surface area contributed by atoms with Crippen LogP contribution in [-0.2, 0) is 6.42 Å². The third-order valence-corrected chi connectivity index (χ3v) is 6.53. The maximum absolute atomic E-state index is 4.89. The normalized spacial score (nSPS) is 14.6. The summed E-state index contributed by atoms with van der Waals surface area (Å²) in [5, 5.41) is 0. The van der Waals surface area contributed by atoms with Crippen molar-refractivity contribution in [1.29, 1.82) is 0 Å². The van der Waals surface area contributed by atoms with E-state index in [9.17, 15) is 0 Å². The van der Waals surface area contributed by atoms with E-state index in [4.69, 9.17) is 4.98 Å². The third-order valence-electron chi connectivity index (χ3n) is 5.53. The molecule has 0 aliphatic heterocycles. The summed E-state index contributed by atoms with van der Waals surface area (Å²) < 4.78 is 2.00. The molecule has 3 nitrogen and oxygen atoms in total. The van der Waals surface area contributed by atoms with Crippen molar-refractivity contribution in [2.45, 2.75) is 38.5 Å². The van der Waals surface area contributed by atoms with E-state index in [0.717, 1.165) is 44.7 Å². The van der Waals surface area contributed by atoms with Crippen molar-refractivity contribution in [2.24, 2.45) is 5.92 Å². The average Bonchev–Trinajstić information content (AvgIpc) is 3.41. The molecule has 0 unspecified atom stereocenters. The van der Waals surface area contributed by atoms with Gasteiger partial charge in [0.05, 0.1) is 15.4 Å². The van der Waals surface area contributed by atoms with Crippen LogP contribution in [0.25, 0.3) is 16.2 Å². The molecule has 4 aromatic rings. The number of hydrogen-bond donors (Lipinski definition) is 0. The SMILES string of the molecule is C(#Cc1ccc(-c2[c]n3ccnc(CC4CCCCC4)c3n2)s1)c1ccccc1. The van der Waals surface area contributed by atoms with Gasteiger partial charge < -0.3 is 0 Å². The second-order valence-electron chi connectivity index (χ2n) is 7.63. The van der Waals surface area contributed by atoms with Gasteiger partial charge in [-0.05, 0) is 36.6 Å². The predicted molar refractivity (Wildman–Crippen MR) is 118 cm³/mol. The number of aromatic nitrogens is 3. The first-order valence-corrected chi connectivity index (χ1v) is 11.1. The highest BCUT2D eigenvalue weighted by atomic mass is 32.1. The fourth-order valence-corrected chi connectivity index (χ4v) is 4.82. The van der Waals surface area contributed by atoms with E-state index >= 15 is 0 Å². The molecule has 1 saturated carbocycles. The van der Waals surface area contributed by atoms with E-state index in [1.165, 1.54) is 32.1 Å². The molecule has 29 heavy (non-hydrogen) atoms. The molecule has 0 N–H and O–H groups in total. The Bertz CT molecular complexity index is 1170. The molecular formula is C25H22N3S. The number of benzene rings is 1. The molecule has 143 valence electrons. The Hall–Kier alpha value is -2.90. The average molecular weight is 397 g/mol. The van der Waals surface area contributed by atoms with Crippen molar-refractivity contribution in [2.75, 3.05) is 0 Å². The Kier molecular flexibility index (Phi) is 5.15. The number of fused-ring (bicyclic) bond motifs is 1.